The molecule has 0 bridgehead atoms. The minimum atomic E-state index is -0.0719. The van der Waals surface area contributed by atoms with Gasteiger partial charge in [-0.05, 0) is 13.0 Å². The lowest BCUT2D eigenvalue weighted by Crippen LogP contribution is -2.19. The highest BCUT2D eigenvalue weighted by atomic mass is 16.4. The van der Waals surface area contributed by atoms with E-state index < -0.39 is 0 Å². The second kappa shape index (κ2) is 4.27. The molecule has 0 spiro atoms. The van der Waals surface area contributed by atoms with Crippen molar-refractivity contribution >= 4 is 11.5 Å². The van der Waals surface area contributed by atoms with Crippen molar-refractivity contribution in [2.75, 3.05) is 0 Å². The molecule has 0 aromatic carbocycles. The predicted octanol–water partition coefficient (Wildman–Crippen LogP) is 0.885. The molecule has 4 heteroatoms. The van der Waals surface area contributed by atoms with Gasteiger partial charge in [0.15, 0.2) is 5.84 Å². The fourth-order valence-corrected chi connectivity index (χ4v) is 0.574. The average molecular weight is 153 g/mol. The lowest BCUT2D eigenvalue weighted by Gasteiger charge is -2.00. The van der Waals surface area contributed by atoms with Crippen molar-refractivity contribution in [2.24, 2.45) is 10.9 Å². The largest absolute Gasteiger partial charge is 0.409 e. The Morgan fingerprint density at radius 2 is 2.27 bits per heavy atom. The summed E-state index contributed by atoms with van der Waals surface area (Å²) in [6.45, 7) is 4.98. The number of allylic oxidation sites excluding steroid dienone is 2. The number of nitrogens with two attached hydrogens (primary N) is 1. The Morgan fingerprint density at radius 1 is 1.73 bits per heavy atom. The standard InChI is InChI=1S/C7H11N3O/c1-3-4-6(5(2)8)7(9)10-11/h3-4,8,11H,1H2,2H3,(H2,9,10)/b6-4+,8-5?. The van der Waals surface area contributed by atoms with Gasteiger partial charge in [-0.25, -0.2) is 0 Å². The van der Waals surface area contributed by atoms with Crippen molar-refractivity contribution in [3.63, 3.8) is 0 Å². The topological polar surface area (TPSA) is 82.5 Å². The maximum Gasteiger partial charge on any atom is 0.171 e. The van der Waals surface area contributed by atoms with Crippen LogP contribution in [0.4, 0.5) is 0 Å². The Balaban J connectivity index is 4.76. The van der Waals surface area contributed by atoms with E-state index in [0.29, 0.717) is 5.57 Å². The van der Waals surface area contributed by atoms with E-state index in [4.69, 9.17) is 16.4 Å². The van der Waals surface area contributed by atoms with Gasteiger partial charge in [-0.15, -0.1) is 0 Å². The molecule has 0 aromatic rings. The number of hydrogen-bond acceptors (Lipinski definition) is 3. The van der Waals surface area contributed by atoms with Crippen LogP contribution in [0.3, 0.4) is 0 Å². The minimum Gasteiger partial charge on any atom is -0.409 e. The zero-order valence-electron chi connectivity index (χ0n) is 6.33. The molecule has 0 fully saturated rings. The quantitative estimate of drug-likeness (QED) is 0.185. The first-order valence-electron chi connectivity index (χ1n) is 2.99. The number of nitrogens with zero attached hydrogens (tertiary/aromatic N) is 1. The van der Waals surface area contributed by atoms with Crippen LogP contribution < -0.4 is 5.73 Å². The molecule has 0 aliphatic heterocycles. The van der Waals surface area contributed by atoms with Crippen LogP contribution >= 0.6 is 0 Å². The zero-order valence-corrected chi connectivity index (χ0v) is 6.33. The summed E-state index contributed by atoms with van der Waals surface area (Å²) >= 11 is 0. The molecule has 0 aliphatic carbocycles. The van der Waals surface area contributed by atoms with Crippen molar-refractivity contribution in [2.45, 2.75) is 6.92 Å². The number of rotatable bonds is 3. The number of hydrogen-bond donors (Lipinski definition) is 3. The normalized spacial score (nSPS) is 12.8. The minimum absolute atomic E-state index is 0.0719. The fourth-order valence-electron chi connectivity index (χ4n) is 0.574. The van der Waals surface area contributed by atoms with E-state index in [2.05, 4.69) is 11.7 Å². The van der Waals surface area contributed by atoms with Gasteiger partial charge in [0.2, 0.25) is 0 Å². The van der Waals surface area contributed by atoms with E-state index in [9.17, 15) is 0 Å². The van der Waals surface area contributed by atoms with Crippen LogP contribution in [0.5, 0.6) is 0 Å². The Bertz CT molecular complexity index is 228. The third-order valence-electron chi connectivity index (χ3n) is 1.07. The van der Waals surface area contributed by atoms with Crippen LogP contribution in [0.25, 0.3) is 0 Å². The van der Waals surface area contributed by atoms with Crippen molar-refractivity contribution in [3.8, 4) is 0 Å². The third kappa shape index (κ3) is 2.66. The molecule has 0 aliphatic rings. The Morgan fingerprint density at radius 3 is 2.55 bits per heavy atom. The first-order chi connectivity index (χ1) is 5.13. The van der Waals surface area contributed by atoms with Crippen LogP contribution in [-0.2, 0) is 0 Å². The molecular formula is C7H11N3O. The smallest absolute Gasteiger partial charge is 0.171 e. The van der Waals surface area contributed by atoms with E-state index >= 15 is 0 Å². The van der Waals surface area contributed by atoms with Crippen molar-refractivity contribution in [1.82, 2.24) is 0 Å². The van der Waals surface area contributed by atoms with Crippen LogP contribution in [0.15, 0.2) is 29.5 Å². The highest BCUT2D eigenvalue weighted by Gasteiger charge is 2.03. The van der Waals surface area contributed by atoms with E-state index in [1.165, 1.54) is 12.2 Å². The summed E-state index contributed by atoms with van der Waals surface area (Å²) in [6, 6.07) is 0. The zero-order chi connectivity index (χ0) is 8.85. The SMILES string of the molecule is C=C/C=C(\C(C)=N)C(N)=NO. The lowest BCUT2D eigenvalue weighted by atomic mass is 10.1. The summed E-state index contributed by atoms with van der Waals surface area (Å²) in [5.74, 6) is -0.0719. The molecule has 0 rings (SSSR count). The molecule has 0 atom stereocenters. The summed E-state index contributed by atoms with van der Waals surface area (Å²) < 4.78 is 0. The monoisotopic (exact) mass is 153 g/mol. The average Bonchev–Trinajstić information content (AvgIpc) is 1.98. The second-order valence-electron chi connectivity index (χ2n) is 1.93. The molecule has 0 amide bonds. The Kier molecular flexibility index (Phi) is 3.66. The van der Waals surface area contributed by atoms with Gasteiger partial charge in [-0.2, -0.15) is 0 Å². The third-order valence-corrected chi connectivity index (χ3v) is 1.07. The summed E-state index contributed by atoms with van der Waals surface area (Å²) in [6.07, 6.45) is 2.99. The molecule has 0 heterocycles. The highest BCUT2D eigenvalue weighted by molar-refractivity contribution is 6.21. The van der Waals surface area contributed by atoms with Gasteiger partial charge in [0.25, 0.3) is 0 Å². The number of oxime groups is 1. The molecule has 4 nitrogen and oxygen atoms in total. The van der Waals surface area contributed by atoms with E-state index in [-0.39, 0.29) is 11.5 Å². The molecule has 0 radical (unpaired) electrons. The van der Waals surface area contributed by atoms with Gasteiger partial charge in [0.1, 0.15) is 0 Å². The van der Waals surface area contributed by atoms with Crippen LogP contribution in [0.2, 0.25) is 0 Å². The molecule has 4 N–H and O–H groups in total. The fraction of sp³-hybridized carbons (Fsp3) is 0.143. The molecule has 0 unspecified atom stereocenters. The molecular weight excluding hydrogens is 142 g/mol. The first-order valence-corrected chi connectivity index (χ1v) is 2.99. The van der Waals surface area contributed by atoms with Gasteiger partial charge in [0, 0.05) is 11.3 Å². The lowest BCUT2D eigenvalue weighted by molar-refractivity contribution is 0.318. The second-order valence-corrected chi connectivity index (χ2v) is 1.93. The molecule has 0 aromatic heterocycles. The van der Waals surface area contributed by atoms with Gasteiger partial charge in [-0.3, -0.25) is 0 Å². The Labute approximate surface area is 65.2 Å². The van der Waals surface area contributed by atoms with Gasteiger partial charge >= 0.3 is 0 Å². The van der Waals surface area contributed by atoms with Crippen molar-refractivity contribution in [3.05, 3.63) is 24.3 Å². The van der Waals surface area contributed by atoms with E-state index in [1.807, 2.05) is 0 Å². The predicted molar refractivity (Wildman–Crippen MR) is 45.1 cm³/mol. The van der Waals surface area contributed by atoms with Gasteiger partial charge in [-0.1, -0.05) is 17.8 Å². The summed E-state index contributed by atoms with van der Waals surface area (Å²) in [7, 11) is 0. The van der Waals surface area contributed by atoms with E-state index in [0.717, 1.165) is 0 Å². The van der Waals surface area contributed by atoms with Crippen LogP contribution in [-0.4, -0.2) is 16.8 Å². The number of nitrogens with one attached hydrogen (secondary N) is 1. The highest BCUT2D eigenvalue weighted by Crippen LogP contribution is 1.96. The summed E-state index contributed by atoms with van der Waals surface area (Å²) in [5.41, 5.74) is 5.86. The first kappa shape index (κ1) is 9.42. The van der Waals surface area contributed by atoms with Gasteiger partial charge < -0.3 is 16.4 Å². The van der Waals surface area contributed by atoms with Crippen LogP contribution in [0.1, 0.15) is 6.92 Å². The van der Waals surface area contributed by atoms with Crippen molar-refractivity contribution < 1.29 is 5.21 Å². The molecule has 0 saturated carbocycles. The maximum absolute atomic E-state index is 8.27. The molecule has 11 heavy (non-hydrogen) atoms. The molecule has 0 saturated heterocycles. The van der Waals surface area contributed by atoms with Gasteiger partial charge in [0.05, 0.1) is 0 Å². The molecule has 60 valence electrons. The maximum atomic E-state index is 8.27. The summed E-state index contributed by atoms with van der Waals surface area (Å²) in [4.78, 5) is 0. The summed E-state index contributed by atoms with van der Waals surface area (Å²) in [5, 5.41) is 18.2. The number of amidine groups is 1. The van der Waals surface area contributed by atoms with E-state index in [1.54, 1.807) is 6.92 Å². The Hall–Kier alpha value is -1.58. The van der Waals surface area contributed by atoms with Crippen molar-refractivity contribution in [1.29, 1.82) is 5.41 Å². The van der Waals surface area contributed by atoms with Crippen LogP contribution in [0, 0.1) is 5.41 Å².